The molecule has 1 aromatic rings. The highest BCUT2D eigenvalue weighted by Gasteiger charge is 2.18. The monoisotopic (exact) mass is 276 g/mol. The van der Waals surface area contributed by atoms with Crippen LogP contribution in [0.5, 0.6) is 0 Å². The molecule has 0 atom stereocenters. The van der Waals surface area contributed by atoms with Gasteiger partial charge in [-0.05, 0) is 37.5 Å². The number of hydrogen-bond acceptors (Lipinski definition) is 4. The van der Waals surface area contributed by atoms with Crippen LogP contribution >= 0.6 is 0 Å². The molecule has 3 N–H and O–H groups in total. The summed E-state index contributed by atoms with van der Waals surface area (Å²) in [4.78, 5) is 12.1. The Morgan fingerprint density at radius 3 is 2.80 bits per heavy atom. The maximum Gasteiger partial charge on any atom is 0.340 e. The number of hydrogen-bond donors (Lipinski definition) is 2. The third kappa shape index (κ3) is 3.89. The minimum Gasteiger partial charge on any atom is -0.462 e. The third-order valence-electron chi connectivity index (χ3n) is 3.67. The van der Waals surface area contributed by atoms with Crippen LogP contribution in [0, 0.1) is 0 Å². The SMILES string of the molecule is CCCOC(=O)c1cc(N)ccc1NC1CCCCC1. The molecule has 110 valence electrons. The predicted molar refractivity (Wildman–Crippen MR) is 81.9 cm³/mol. The second-order valence-electron chi connectivity index (χ2n) is 5.42. The van der Waals surface area contributed by atoms with Crippen molar-refractivity contribution in [3.63, 3.8) is 0 Å². The highest BCUT2D eigenvalue weighted by Crippen LogP contribution is 2.25. The zero-order valence-corrected chi connectivity index (χ0v) is 12.2. The van der Waals surface area contributed by atoms with Crippen LogP contribution in [0.25, 0.3) is 0 Å². The van der Waals surface area contributed by atoms with Gasteiger partial charge in [0.15, 0.2) is 0 Å². The van der Waals surface area contributed by atoms with Crippen LogP contribution in [0.3, 0.4) is 0 Å². The first-order chi connectivity index (χ1) is 9.70. The van der Waals surface area contributed by atoms with Crippen molar-refractivity contribution in [2.24, 2.45) is 0 Å². The Balaban J connectivity index is 2.12. The van der Waals surface area contributed by atoms with Gasteiger partial charge in [0, 0.05) is 17.4 Å². The van der Waals surface area contributed by atoms with Gasteiger partial charge < -0.3 is 15.8 Å². The topological polar surface area (TPSA) is 64.3 Å². The lowest BCUT2D eigenvalue weighted by molar-refractivity contribution is 0.0506. The van der Waals surface area contributed by atoms with E-state index in [2.05, 4.69) is 5.32 Å². The summed E-state index contributed by atoms with van der Waals surface area (Å²) in [5.41, 5.74) is 7.76. The fourth-order valence-corrected chi connectivity index (χ4v) is 2.60. The number of carbonyl (C=O) groups excluding carboxylic acids is 1. The maximum absolute atomic E-state index is 12.1. The second-order valence-corrected chi connectivity index (χ2v) is 5.42. The van der Waals surface area contributed by atoms with E-state index in [1.54, 1.807) is 6.07 Å². The number of carbonyl (C=O) groups is 1. The summed E-state index contributed by atoms with van der Waals surface area (Å²) in [6, 6.07) is 5.85. The molecule has 0 spiro atoms. The summed E-state index contributed by atoms with van der Waals surface area (Å²) in [5, 5.41) is 3.48. The highest BCUT2D eigenvalue weighted by atomic mass is 16.5. The Morgan fingerprint density at radius 1 is 1.35 bits per heavy atom. The van der Waals surface area contributed by atoms with Gasteiger partial charge in [0.25, 0.3) is 0 Å². The van der Waals surface area contributed by atoms with Crippen molar-refractivity contribution in [3.8, 4) is 0 Å². The van der Waals surface area contributed by atoms with Crippen molar-refractivity contribution >= 4 is 17.3 Å². The molecule has 20 heavy (non-hydrogen) atoms. The second kappa shape index (κ2) is 7.17. The smallest absolute Gasteiger partial charge is 0.340 e. The van der Waals surface area contributed by atoms with Crippen LogP contribution in [0.1, 0.15) is 55.8 Å². The molecule has 1 aliphatic rings. The van der Waals surface area contributed by atoms with Gasteiger partial charge in [-0.15, -0.1) is 0 Å². The molecule has 1 aliphatic carbocycles. The summed E-state index contributed by atoms with van der Waals surface area (Å²) in [6.45, 7) is 2.42. The van der Waals surface area contributed by atoms with E-state index in [9.17, 15) is 4.79 Å². The third-order valence-corrected chi connectivity index (χ3v) is 3.67. The molecule has 4 heteroatoms. The van der Waals surface area contributed by atoms with E-state index in [0.717, 1.165) is 24.9 Å². The number of rotatable bonds is 5. The lowest BCUT2D eigenvalue weighted by atomic mass is 9.95. The van der Waals surface area contributed by atoms with Crippen LogP contribution in [-0.4, -0.2) is 18.6 Å². The summed E-state index contributed by atoms with van der Waals surface area (Å²) in [5.74, 6) is -0.294. The first-order valence-electron chi connectivity index (χ1n) is 7.54. The standard InChI is InChI=1S/C16H24N2O2/c1-2-10-20-16(19)14-11-12(17)8-9-15(14)18-13-6-4-3-5-7-13/h8-9,11,13,18H,2-7,10,17H2,1H3. The van der Waals surface area contributed by atoms with E-state index in [0.29, 0.717) is 23.9 Å². The van der Waals surface area contributed by atoms with Gasteiger partial charge in [0.05, 0.1) is 12.2 Å². The fraction of sp³-hybridized carbons (Fsp3) is 0.562. The molecule has 4 nitrogen and oxygen atoms in total. The van der Waals surface area contributed by atoms with Crippen LogP contribution in [0.15, 0.2) is 18.2 Å². The average Bonchev–Trinajstić information content (AvgIpc) is 2.47. The lowest BCUT2D eigenvalue weighted by Crippen LogP contribution is -2.23. The van der Waals surface area contributed by atoms with Crippen LogP contribution in [0.4, 0.5) is 11.4 Å². The molecular formula is C16H24N2O2. The quantitative estimate of drug-likeness (QED) is 0.637. The van der Waals surface area contributed by atoms with Gasteiger partial charge >= 0.3 is 5.97 Å². The van der Waals surface area contributed by atoms with Crippen LogP contribution < -0.4 is 11.1 Å². The van der Waals surface area contributed by atoms with E-state index in [1.807, 2.05) is 19.1 Å². The molecule has 2 rings (SSSR count). The largest absolute Gasteiger partial charge is 0.462 e. The van der Waals surface area contributed by atoms with Crippen molar-refractivity contribution in [2.75, 3.05) is 17.7 Å². The number of benzene rings is 1. The molecule has 1 saturated carbocycles. The van der Waals surface area contributed by atoms with Crippen molar-refractivity contribution < 1.29 is 9.53 Å². The van der Waals surface area contributed by atoms with E-state index in [4.69, 9.17) is 10.5 Å². The Hall–Kier alpha value is -1.71. The molecule has 0 aliphatic heterocycles. The maximum atomic E-state index is 12.1. The molecule has 0 amide bonds. The van der Waals surface area contributed by atoms with Gasteiger partial charge in [0.2, 0.25) is 0 Å². The molecule has 0 aromatic heterocycles. The predicted octanol–water partition coefficient (Wildman–Crippen LogP) is 3.58. The van der Waals surface area contributed by atoms with Crippen LogP contribution in [-0.2, 0) is 4.74 Å². The van der Waals surface area contributed by atoms with E-state index in [-0.39, 0.29) is 5.97 Å². The molecular weight excluding hydrogens is 252 g/mol. The molecule has 0 bridgehead atoms. The Morgan fingerprint density at radius 2 is 2.10 bits per heavy atom. The van der Waals surface area contributed by atoms with Gasteiger partial charge in [-0.1, -0.05) is 26.2 Å². The van der Waals surface area contributed by atoms with Gasteiger partial charge in [0.1, 0.15) is 0 Å². The minimum atomic E-state index is -0.294. The Kier molecular flexibility index (Phi) is 5.27. The minimum absolute atomic E-state index is 0.294. The van der Waals surface area contributed by atoms with Crippen molar-refractivity contribution in [3.05, 3.63) is 23.8 Å². The number of ether oxygens (including phenoxy) is 1. The summed E-state index contributed by atoms with van der Waals surface area (Å²) in [6.07, 6.45) is 6.96. The molecule has 0 unspecified atom stereocenters. The molecule has 1 fully saturated rings. The first-order valence-corrected chi connectivity index (χ1v) is 7.54. The van der Waals surface area contributed by atoms with Crippen molar-refractivity contribution in [1.82, 2.24) is 0 Å². The lowest BCUT2D eigenvalue weighted by Gasteiger charge is -2.25. The molecule has 0 saturated heterocycles. The zero-order valence-electron chi connectivity index (χ0n) is 12.2. The average molecular weight is 276 g/mol. The van der Waals surface area contributed by atoms with E-state index in [1.165, 1.54) is 19.3 Å². The molecule has 0 radical (unpaired) electrons. The number of nitrogen functional groups attached to an aromatic ring is 1. The summed E-state index contributed by atoms with van der Waals surface area (Å²) >= 11 is 0. The first kappa shape index (κ1) is 14.7. The number of nitrogens with one attached hydrogen (secondary N) is 1. The number of anilines is 2. The normalized spacial score (nSPS) is 15.8. The van der Waals surface area contributed by atoms with Gasteiger partial charge in [-0.3, -0.25) is 0 Å². The van der Waals surface area contributed by atoms with E-state index < -0.39 is 0 Å². The molecule has 0 heterocycles. The highest BCUT2D eigenvalue weighted by molar-refractivity contribution is 5.96. The van der Waals surface area contributed by atoms with Gasteiger partial charge in [-0.25, -0.2) is 4.79 Å². The number of esters is 1. The zero-order chi connectivity index (χ0) is 14.4. The van der Waals surface area contributed by atoms with Crippen LogP contribution in [0.2, 0.25) is 0 Å². The molecule has 1 aromatic carbocycles. The Labute approximate surface area is 120 Å². The Bertz CT molecular complexity index is 454. The van der Waals surface area contributed by atoms with Crippen molar-refractivity contribution in [2.45, 2.75) is 51.5 Å². The summed E-state index contributed by atoms with van der Waals surface area (Å²) in [7, 11) is 0. The van der Waals surface area contributed by atoms with E-state index >= 15 is 0 Å². The summed E-state index contributed by atoms with van der Waals surface area (Å²) < 4.78 is 5.23. The fourth-order valence-electron chi connectivity index (χ4n) is 2.60. The van der Waals surface area contributed by atoms with Crippen molar-refractivity contribution in [1.29, 1.82) is 0 Å². The number of nitrogens with two attached hydrogens (primary N) is 1. The van der Waals surface area contributed by atoms with Gasteiger partial charge in [-0.2, -0.15) is 0 Å².